The fourth-order valence-electron chi connectivity index (χ4n) is 1.61. The second-order valence-corrected chi connectivity index (χ2v) is 5.12. The van der Waals surface area contributed by atoms with Crippen LogP contribution in [0.2, 0.25) is 5.02 Å². The highest BCUT2D eigenvalue weighted by Gasteiger charge is 2.20. The highest BCUT2D eigenvalue weighted by molar-refractivity contribution is 6.30. The topological polar surface area (TPSA) is 71.7 Å². The third-order valence-corrected chi connectivity index (χ3v) is 2.99. The molecule has 2 N–H and O–H groups in total. The number of halogens is 1. The zero-order valence-corrected chi connectivity index (χ0v) is 11.7. The fourth-order valence-corrected chi connectivity index (χ4v) is 1.77. The van der Waals surface area contributed by atoms with Crippen LogP contribution in [0.4, 0.5) is 5.95 Å². The molecule has 2 rings (SSSR count). The molecule has 2 aromatic rings. The largest absolute Gasteiger partial charge is 0.388 e. The Morgan fingerprint density at radius 2 is 2.32 bits per heavy atom. The molecule has 2 heterocycles. The fraction of sp³-hybridized carbons (Fsp3) is 0.500. The van der Waals surface area contributed by atoms with Gasteiger partial charge in [0.1, 0.15) is 0 Å². The Kier molecular flexibility index (Phi) is 4.24. The molecule has 0 bridgehead atoms. The number of methoxy groups -OCH3 is 1. The molecule has 2 aromatic heterocycles. The molecule has 0 spiro atoms. The van der Waals surface area contributed by atoms with Crippen LogP contribution in [0, 0.1) is 0 Å². The van der Waals surface area contributed by atoms with Gasteiger partial charge in [0.05, 0.1) is 10.6 Å². The molecule has 0 aliphatic heterocycles. The Bertz CT molecular complexity index is 556. The molecule has 6 nitrogen and oxygen atoms in total. The third kappa shape index (κ3) is 3.79. The Balaban J connectivity index is 2.01. The van der Waals surface area contributed by atoms with Gasteiger partial charge in [0.15, 0.2) is 5.65 Å². The Morgan fingerprint density at radius 1 is 1.53 bits per heavy atom. The summed E-state index contributed by atoms with van der Waals surface area (Å²) in [7, 11) is 1.61. The Labute approximate surface area is 116 Å². The van der Waals surface area contributed by atoms with E-state index in [2.05, 4.69) is 15.4 Å². The molecule has 0 saturated carbocycles. The number of ether oxygens (including phenoxy) is 1. The summed E-state index contributed by atoms with van der Waals surface area (Å²) in [5.41, 5.74) is -0.172. The van der Waals surface area contributed by atoms with E-state index in [0.29, 0.717) is 36.2 Å². The van der Waals surface area contributed by atoms with E-state index in [1.54, 1.807) is 36.9 Å². The number of aromatic nitrogens is 3. The maximum atomic E-state index is 10.1. The van der Waals surface area contributed by atoms with Crippen molar-refractivity contribution in [2.45, 2.75) is 18.9 Å². The zero-order chi connectivity index (χ0) is 13.9. The lowest BCUT2D eigenvalue weighted by atomic mass is 10.0. The molecular formula is C12H17ClN4O2. The van der Waals surface area contributed by atoms with Gasteiger partial charge in [0.25, 0.3) is 0 Å². The molecular weight excluding hydrogens is 268 g/mol. The van der Waals surface area contributed by atoms with Gasteiger partial charge in [-0.2, -0.15) is 4.98 Å². The number of nitrogens with one attached hydrogen (secondary N) is 1. The molecule has 1 atom stereocenters. The van der Waals surface area contributed by atoms with Gasteiger partial charge in [0.2, 0.25) is 5.95 Å². The van der Waals surface area contributed by atoms with E-state index in [4.69, 9.17) is 16.3 Å². The highest BCUT2D eigenvalue weighted by atomic mass is 35.5. The highest BCUT2D eigenvalue weighted by Crippen LogP contribution is 2.13. The summed E-state index contributed by atoms with van der Waals surface area (Å²) in [6, 6.07) is 3.54. The van der Waals surface area contributed by atoms with Crippen LogP contribution in [0.15, 0.2) is 18.3 Å². The lowest BCUT2D eigenvalue weighted by Crippen LogP contribution is -2.34. The first-order valence-electron chi connectivity index (χ1n) is 5.97. The number of aliphatic hydroxyl groups is 1. The first kappa shape index (κ1) is 14.0. The Morgan fingerprint density at radius 3 is 3.05 bits per heavy atom. The number of pyridine rings is 1. The first-order chi connectivity index (χ1) is 9.00. The quantitative estimate of drug-likeness (QED) is 0.843. The summed E-state index contributed by atoms with van der Waals surface area (Å²) >= 11 is 5.87. The van der Waals surface area contributed by atoms with Crippen LogP contribution in [-0.2, 0) is 4.74 Å². The van der Waals surface area contributed by atoms with Gasteiger partial charge in [0, 0.05) is 32.9 Å². The van der Waals surface area contributed by atoms with Crippen molar-refractivity contribution in [3.63, 3.8) is 0 Å². The van der Waals surface area contributed by atoms with Crippen LogP contribution in [0.25, 0.3) is 5.65 Å². The zero-order valence-electron chi connectivity index (χ0n) is 10.9. The van der Waals surface area contributed by atoms with E-state index >= 15 is 0 Å². The van der Waals surface area contributed by atoms with Gasteiger partial charge in [-0.05, 0) is 19.1 Å². The molecule has 7 heteroatoms. The summed E-state index contributed by atoms with van der Waals surface area (Å²) < 4.78 is 6.54. The van der Waals surface area contributed by atoms with Crippen LogP contribution in [0.1, 0.15) is 13.3 Å². The number of fused-ring (bicyclic) bond motifs is 1. The summed E-state index contributed by atoms with van der Waals surface area (Å²) in [5, 5.41) is 17.9. The standard InChI is InChI=1S/C12H17ClN4O2/c1-12(18,5-6-19-2)8-14-11-15-10-4-3-9(13)7-17(10)16-11/h3-4,7,18H,5-6,8H2,1-2H3,(H,14,16). The van der Waals surface area contributed by atoms with Crippen molar-refractivity contribution < 1.29 is 9.84 Å². The minimum Gasteiger partial charge on any atom is -0.388 e. The van der Waals surface area contributed by atoms with Crippen molar-refractivity contribution in [1.29, 1.82) is 0 Å². The number of hydrogen-bond donors (Lipinski definition) is 2. The third-order valence-electron chi connectivity index (χ3n) is 2.77. The summed E-state index contributed by atoms with van der Waals surface area (Å²) in [4.78, 5) is 4.28. The van der Waals surface area contributed by atoms with Gasteiger partial charge in [-0.25, -0.2) is 4.52 Å². The van der Waals surface area contributed by atoms with Crippen molar-refractivity contribution in [3.8, 4) is 0 Å². The van der Waals surface area contributed by atoms with Crippen LogP contribution >= 0.6 is 11.6 Å². The normalized spacial score (nSPS) is 14.5. The maximum absolute atomic E-state index is 10.1. The molecule has 0 aliphatic carbocycles. The molecule has 0 fully saturated rings. The maximum Gasteiger partial charge on any atom is 0.243 e. The molecule has 0 amide bonds. The van der Waals surface area contributed by atoms with Crippen LogP contribution in [0.5, 0.6) is 0 Å². The molecule has 0 radical (unpaired) electrons. The van der Waals surface area contributed by atoms with Crippen LogP contribution in [-0.4, -0.2) is 45.6 Å². The second-order valence-electron chi connectivity index (χ2n) is 4.68. The number of anilines is 1. The molecule has 0 aliphatic rings. The van der Waals surface area contributed by atoms with Crippen molar-refractivity contribution >= 4 is 23.2 Å². The van der Waals surface area contributed by atoms with Crippen molar-refractivity contribution in [1.82, 2.24) is 14.6 Å². The van der Waals surface area contributed by atoms with Gasteiger partial charge in [-0.1, -0.05) is 11.6 Å². The van der Waals surface area contributed by atoms with E-state index in [-0.39, 0.29) is 0 Å². The van der Waals surface area contributed by atoms with E-state index in [9.17, 15) is 5.11 Å². The lowest BCUT2D eigenvalue weighted by molar-refractivity contribution is 0.0356. The van der Waals surface area contributed by atoms with E-state index in [1.165, 1.54) is 0 Å². The predicted octanol–water partition coefficient (Wildman–Crippen LogP) is 1.58. The second kappa shape index (κ2) is 5.73. The summed E-state index contributed by atoms with van der Waals surface area (Å²) in [6.45, 7) is 2.59. The molecule has 0 saturated heterocycles. The van der Waals surface area contributed by atoms with Crippen LogP contribution in [0.3, 0.4) is 0 Å². The van der Waals surface area contributed by atoms with E-state index < -0.39 is 5.60 Å². The average molecular weight is 285 g/mol. The monoisotopic (exact) mass is 284 g/mol. The van der Waals surface area contributed by atoms with Gasteiger partial charge < -0.3 is 15.2 Å². The Hall–Kier alpha value is -1.37. The van der Waals surface area contributed by atoms with Gasteiger partial charge >= 0.3 is 0 Å². The number of hydrogen-bond acceptors (Lipinski definition) is 5. The van der Waals surface area contributed by atoms with Gasteiger partial charge in [-0.3, -0.25) is 0 Å². The molecule has 19 heavy (non-hydrogen) atoms. The molecule has 1 unspecified atom stereocenters. The average Bonchev–Trinajstić information content (AvgIpc) is 2.76. The first-order valence-corrected chi connectivity index (χ1v) is 6.35. The lowest BCUT2D eigenvalue weighted by Gasteiger charge is -2.22. The number of nitrogens with zero attached hydrogens (tertiary/aromatic N) is 3. The van der Waals surface area contributed by atoms with Crippen molar-refractivity contribution in [3.05, 3.63) is 23.4 Å². The van der Waals surface area contributed by atoms with Gasteiger partial charge in [-0.15, -0.1) is 5.10 Å². The van der Waals surface area contributed by atoms with E-state index in [0.717, 1.165) is 0 Å². The van der Waals surface area contributed by atoms with Crippen molar-refractivity contribution in [2.75, 3.05) is 25.6 Å². The number of rotatable bonds is 6. The minimum absolute atomic E-state index is 0.348. The minimum atomic E-state index is -0.870. The SMILES string of the molecule is COCCC(C)(O)CNc1nc2ccc(Cl)cn2n1. The molecule has 104 valence electrons. The summed E-state index contributed by atoms with van der Waals surface area (Å²) in [5.74, 6) is 0.458. The van der Waals surface area contributed by atoms with Crippen molar-refractivity contribution in [2.24, 2.45) is 0 Å². The smallest absolute Gasteiger partial charge is 0.243 e. The molecule has 0 aromatic carbocycles. The summed E-state index contributed by atoms with van der Waals surface area (Å²) in [6.07, 6.45) is 2.22. The van der Waals surface area contributed by atoms with E-state index in [1.807, 2.05) is 0 Å². The predicted molar refractivity (Wildman–Crippen MR) is 73.6 cm³/mol. The van der Waals surface area contributed by atoms with Crippen LogP contribution < -0.4 is 5.32 Å².